The van der Waals surface area contributed by atoms with Crippen LogP contribution >= 0.6 is 0 Å². The van der Waals surface area contributed by atoms with Crippen molar-refractivity contribution >= 4 is 11.9 Å². The SMILES string of the molecule is COCC(=O)n1nc(-c2ccco2)nc1NCc1ccc(OC)cc1. The third-order valence-corrected chi connectivity index (χ3v) is 3.46. The first-order chi connectivity index (χ1) is 12.2. The molecule has 0 atom stereocenters. The molecule has 8 nitrogen and oxygen atoms in total. The van der Waals surface area contributed by atoms with Crippen LogP contribution in [0, 0.1) is 0 Å². The van der Waals surface area contributed by atoms with Crippen molar-refractivity contribution in [2.75, 3.05) is 26.1 Å². The Balaban J connectivity index is 1.81. The van der Waals surface area contributed by atoms with E-state index in [1.54, 1.807) is 19.2 Å². The monoisotopic (exact) mass is 342 g/mol. The Morgan fingerprint density at radius 1 is 1.24 bits per heavy atom. The Labute approximate surface area is 144 Å². The molecule has 8 heteroatoms. The molecule has 2 aromatic heterocycles. The Bertz CT molecular complexity index is 825. The molecule has 0 aliphatic heterocycles. The average molecular weight is 342 g/mol. The topological polar surface area (TPSA) is 91.4 Å². The molecule has 0 aliphatic carbocycles. The molecule has 3 rings (SSSR count). The van der Waals surface area contributed by atoms with Crippen molar-refractivity contribution in [1.29, 1.82) is 0 Å². The van der Waals surface area contributed by atoms with Crippen molar-refractivity contribution in [2.24, 2.45) is 0 Å². The first-order valence-corrected chi connectivity index (χ1v) is 7.61. The number of ether oxygens (including phenoxy) is 2. The predicted octanol–water partition coefficient (Wildman–Crippen LogP) is 2.45. The highest BCUT2D eigenvalue weighted by Gasteiger charge is 2.18. The molecule has 0 radical (unpaired) electrons. The number of carbonyl (C=O) groups is 1. The van der Waals surface area contributed by atoms with Gasteiger partial charge < -0.3 is 19.2 Å². The van der Waals surface area contributed by atoms with Gasteiger partial charge in [0.2, 0.25) is 11.8 Å². The summed E-state index contributed by atoms with van der Waals surface area (Å²) >= 11 is 0. The number of nitrogens with one attached hydrogen (secondary N) is 1. The van der Waals surface area contributed by atoms with E-state index in [4.69, 9.17) is 13.9 Å². The van der Waals surface area contributed by atoms with Gasteiger partial charge in [0.15, 0.2) is 5.76 Å². The van der Waals surface area contributed by atoms with Gasteiger partial charge in [0.25, 0.3) is 5.91 Å². The fraction of sp³-hybridized carbons (Fsp3) is 0.235. The van der Waals surface area contributed by atoms with Gasteiger partial charge in [-0.1, -0.05) is 12.1 Å². The molecule has 25 heavy (non-hydrogen) atoms. The number of carbonyl (C=O) groups excluding carboxylic acids is 1. The fourth-order valence-corrected chi connectivity index (χ4v) is 2.22. The zero-order valence-corrected chi connectivity index (χ0v) is 13.9. The largest absolute Gasteiger partial charge is 0.497 e. The van der Waals surface area contributed by atoms with Crippen LogP contribution in [-0.2, 0) is 11.3 Å². The van der Waals surface area contributed by atoms with Gasteiger partial charge in [-0.05, 0) is 29.8 Å². The number of hydrogen-bond acceptors (Lipinski definition) is 7. The Hall–Kier alpha value is -3.13. The van der Waals surface area contributed by atoms with E-state index in [0.29, 0.717) is 24.1 Å². The van der Waals surface area contributed by atoms with Crippen LogP contribution < -0.4 is 10.1 Å². The van der Waals surface area contributed by atoms with Gasteiger partial charge in [-0.2, -0.15) is 9.67 Å². The normalized spacial score (nSPS) is 10.6. The quantitative estimate of drug-likeness (QED) is 0.705. The lowest BCUT2D eigenvalue weighted by molar-refractivity contribution is 0.0748. The summed E-state index contributed by atoms with van der Waals surface area (Å²) in [5.41, 5.74) is 1.01. The fourth-order valence-electron chi connectivity index (χ4n) is 2.22. The van der Waals surface area contributed by atoms with Gasteiger partial charge in [0.05, 0.1) is 13.4 Å². The molecule has 1 aromatic carbocycles. The minimum atomic E-state index is -0.329. The third kappa shape index (κ3) is 3.86. The van der Waals surface area contributed by atoms with Crippen LogP contribution in [-0.4, -0.2) is 41.5 Å². The number of aromatic nitrogens is 3. The average Bonchev–Trinajstić information content (AvgIpc) is 3.30. The summed E-state index contributed by atoms with van der Waals surface area (Å²) in [6.07, 6.45) is 1.53. The van der Waals surface area contributed by atoms with Crippen molar-refractivity contribution < 1.29 is 18.7 Å². The van der Waals surface area contributed by atoms with E-state index in [1.807, 2.05) is 24.3 Å². The van der Waals surface area contributed by atoms with Crippen molar-refractivity contribution in [2.45, 2.75) is 6.54 Å². The van der Waals surface area contributed by atoms with E-state index in [0.717, 1.165) is 11.3 Å². The first-order valence-electron chi connectivity index (χ1n) is 7.61. The molecule has 3 aromatic rings. The van der Waals surface area contributed by atoms with E-state index in [-0.39, 0.29) is 12.5 Å². The zero-order valence-electron chi connectivity index (χ0n) is 13.9. The lowest BCUT2D eigenvalue weighted by Crippen LogP contribution is -2.20. The zero-order chi connectivity index (χ0) is 17.6. The van der Waals surface area contributed by atoms with Crippen LogP contribution in [0.4, 0.5) is 5.95 Å². The van der Waals surface area contributed by atoms with Crippen molar-refractivity contribution in [3.63, 3.8) is 0 Å². The third-order valence-electron chi connectivity index (χ3n) is 3.46. The summed E-state index contributed by atoms with van der Waals surface area (Å²) in [6, 6.07) is 11.1. The van der Waals surface area contributed by atoms with Gasteiger partial charge in [-0.3, -0.25) is 4.79 Å². The Morgan fingerprint density at radius 3 is 2.68 bits per heavy atom. The number of rotatable bonds is 7. The van der Waals surface area contributed by atoms with Crippen molar-refractivity contribution in [1.82, 2.24) is 14.8 Å². The summed E-state index contributed by atoms with van der Waals surface area (Å²) in [5, 5.41) is 7.33. The number of nitrogens with zero attached hydrogens (tertiary/aromatic N) is 3. The summed E-state index contributed by atoms with van der Waals surface area (Å²) in [5.74, 6) is 1.58. The molecule has 0 amide bonds. The number of furan rings is 1. The molecule has 0 spiro atoms. The lowest BCUT2D eigenvalue weighted by atomic mass is 10.2. The second-order valence-electron chi connectivity index (χ2n) is 5.18. The Morgan fingerprint density at radius 2 is 2.04 bits per heavy atom. The smallest absolute Gasteiger partial charge is 0.276 e. The highest BCUT2D eigenvalue weighted by Crippen LogP contribution is 2.19. The molecule has 1 N–H and O–H groups in total. The van der Waals surface area contributed by atoms with Crippen molar-refractivity contribution in [3.05, 3.63) is 48.2 Å². The van der Waals surface area contributed by atoms with E-state index < -0.39 is 0 Å². The van der Waals surface area contributed by atoms with E-state index in [2.05, 4.69) is 15.4 Å². The van der Waals surface area contributed by atoms with Crippen LogP contribution in [0.1, 0.15) is 10.4 Å². The maximum Gasteiger partial charge on any atom is 0.276 e. The van der Waals surface area contributed by atoms with Crippen LogP contribution in [0.15, 0.2) is 47.1 Å². The van der Waals surface area contributed by atoms with Crippen LogP contribution in [0.25, 0.3) is 11.6 Å². The van der Waals surface area contributed by atoms with Crippen molar-refractivity contribution in [3.8, 4) is 17.3 Å². The number of methoxy groups -OCH3 is 2. The van der Waals surface area contributed by atoms with Crippen LogP contribution in [0.2, 0.25) is 0 Å². The first kappa shape index (κ1) is 16.7. The molecule has 0 unspecified atom stereocenters. The standard InChI is InChI=1S/C17H18N4O4/c1-23-11-15(22)21-17(19-16(20-21)14-4-3-9-25-14)18-10-12-5-7-13(24-2)8-6-12/h3-9H,10-11H2,1-2H3,(H,18,19,20). The molecule has 0 fully saturated rings. The van der Waals surface area contributed by atoms with E-state index >= 15 is 0 Å². The minimum Gasteiger partial charge on any atom is -0.497 e. The molecule has 130 valence electrons. The summed E-state index contributed by atoms with van der Waals surface area (Å²) in [6.45, 7) is 0.374. The maximum absolute atomic E-state index is 12.2. The summed E-state index contributed by atoms with van der Waals surface area (Å²) in [7, 11) is 3.07. The van der Waals surface area contributed by atoms with Crippen LogP contribution in [0.3, 0.4) is 0 Å². The molecule has 0 saturated heterocycles. The minimum absolute atomic E-state index is 0.0990. The lowest BCUT2D eigenvalue weighted by Gasteiger charge is -2.07. The van der Waals surface area contributed by atoms with Gasteiger partial charge >= 0.3 is 0 Å². The highest BCUT2D eigenvalue weighted by molar-refractivity contribution is 5.82. The molecule has 0 bridgehead atoms. The number of benzene rings is 1. The Kier molecular flexibility index (Phi) is 5.10. The highest BCUT2D eigenvalue weighted by atomic mass is 16.5. The second kappa shape index (κ2) is 7.63. The molecular weight excluding hydrogens is 324 g/mol. The van der Waals surface area contributed by atoms with Gasteiger partial charge in [-0.25, -0.2) is 0 Å². The summed E-state index contributed by atoms with van der Waals surface area (Å²) in [4.78, 5) is 16.5. The maximum atomic E-state index is 12.2. The molecular formula is C17H18N4O4. The van der Waals surface area contributed by atoms with Crippen LogP contribution in [0.5, 0.6) is 5.75 Å². The summed E-state index contributed by atoms with van der Waals surface area (Å²) < 4.78 is 16.5. The number of hydrogen-bond donors (Lipinski definition) is 1. The predicted molar refractivity (Wildman–Crippen MR) is 90.5 cm³/mol. The van der Waals surface area contributed by atoms with E-state index in [9.17, 15) is 4.79 Å². The molecule has 0 aliphatic rings. The molecule has 0 saturated carbocycles. The molecule has 2 heterocycles. The van der Waals surface area contributed by atoms with E-state index in [1.165, 1.54) is 18.1 Å². The van der Waals surface area contributed by atoms with Gasteiger partial charge in [0, 0.05) is 13.7 Å². The number of anilines is 1. The second-order valence-corrected chi connectivity index (χ2v) is 5.18. The van der Waals surface area contributed by atoms with Gasteiger partial charge in [-0.15, -0.1) is 5.10 Å². The van der Waals surface area contributed by atoms with Gasteiger partial charge in [0.1, 0.15) is 12.4 Å².